The molecule has 0 aliphatic carbocycles. The third-order valence-electron chi connectivity index (χ3n) is 2.94. The molecule has 0 unspecified atom stereocenters. The molecular weight excluding hydrogens is 303 g/mol. The van der Waals surface area contributed by atoms with Crippen LogP contribution in [0.4, 0.5) is 4.39 Å². The summed E-state index contributed by atoms with van der Waals surface area (Å²) in [5.74, 6) is -1.54. The van der Waals surface area contributed by atoms with Gasteiger partial charge in [-0.3, -0.25) is 4.98 Å². The highest BCUT2D eigenvalue weighted by molar-refractivity contribution is 5.87. The molecule has 1 N–H and O–H groups in total. The highest BCUT2D eigenvalue weighted by Crippen LogP contribution is 2.23. The molecule has 0 fully saturated rings. The van der Waals surface area contributed by atoms with Crippen LogP contribution in [0.5, 0.6) is 0 Å². The second-order valence-corrected chi connectivity index (χ2v) is 4.50. The Hall–Kier alpha value is -3.60. The highest BCUT2D eigenvalue weighted by Gasteiger charge is 2.14. The molecule has 0 aliphatic heterocycles. The Morgan fingerprint density at radius 1 is 1.30 bits per heavy atom. The molecule has 1 aromatic carbocycles. The number of nitrogens with zero attached hydrogens (tertiary/aromatic N) is 4. The fourth-order valence-corrected chi connectivity index (χ4v) is 1.88. The number of carbonyl (C=O) groups is 1. The zero-order valence-corrected chi connectivity index (χ0v) is 11.4. The third-order valence-corrected chi connectivity index (χ3v) is 2.94. The molecule has 0 atom stereocenters. The quantitative estimate of drug-likeness (QED) is 0.790. The number of hydrogen-bond donors (Lipinski definition) is 1. The van der Waals surface area contributed by atoms with Gasteiger partial charge in [0, 0.05) is 11.8 Å². The molecule has 2 heterocycles. The summed E-state index contributed by atoms with van der Waals surface area (Å²) in [5, 5.41) is 21.4. The van der Waals surface area contributed by atoms with Gasteiger partial charge in [-0.05, 0) is 30.3 Å². The minimum absolute atomic E-state index is 0.0279. The van der Waals surface area contributed by atoms with Crippen LogP contribution in [0, 0.1) is 17.1 Å². The van der Waals surface area contributed by atoms with E-state index in [1.54, 1.807) is 0 Å². The van der Waals surface area contributed by atoms with Gasteiger partial charge >= 0.3 is 5.97 Å². The highest BCUT2D eigenvalue weighted by atomic mass is 19.1. The van der Waals surface area contributed by atoms with Gasteiger partial charge in [0.1, 0.15) is 11.5 Å². The lowest BCUT2D eigenvalue weighted by Gasteiger charge is -1.96. The number of rotatable bonds is 3. The number of carboxylic acids is 1. The molecule has 8 heteroatoms. The van der Waals surface area contributed by atoms with E-state index in [0.29, 0.717) is 5.69 Å². The van der Waals surface area contributed by atoms with Gasteiger partial charge in [0.2, 0.25) is 5.82 Å². The van der Waals surface area contributed by atoms with Crippen molar-refractivity contribution in [2.75, 3.05) is 0 Å². The minimum atomic E-state index is -1.10. The average molecular weight is 310 g/mol. The van der Waals surface area contributed by atoms with Gasteiger partial charge in [0.05, 0.1) is 17.2 Å². The number of aromatic nitrogens is 3. The summed E-state index contributed by atoms with van der Waals surface area (Å²) in [6.07, 6.45) is 1.17. The molecule has 3 rings (SSSR count). The molecule has 0 radical (unpaired) electrons. The van der Waals surface area contributed by atoms with E-state index in [4.69, 9.17) is 14.9 Å². The van der Waals surface area contributed by atoms with Gasteiger partial charge in [-0.1, -0.05) is 5.16 Å². The van der Waals surface area contributed by atoms with Gasteiger partial charge in [-0.25, -0.2) is 9.18 Å². The van der Waals surface area contributed by atoms with E-state index in [0.717, 1.165) is 6.07 Å². The number of carboxylic acid groups (broad SMARTS) is 1. The molecule has 0 spiro atoms. The van der Waals surface area contributed by atoms with Gasteiger partial charge in [-0.2, -0.15) is 10.2 Å². The van der Waals surface area contributed by atoms with E-state index in [1.165, 1.54) is 30.5 Å². The molecule has 7 nitrogen and oxygen atoms in total. The SMILES string of the molecule is N#Cc1cc(F)cc(-c2nc(-c3ccc(C(=O)O)cn3)no2)c1. The van der Waals surface area contributed by atoms with Crippen molar-refractivity contribution < 1.29 is 18.8 Å². The predicted molar refractivity (Wildman–Crippen MR) is 74.6 cm³/mol. The first-order valence-electron chi connectivity index (χ1n) is 6.31. The van der Waals surface area contributed by atoms with Crippen LogP contribution in [0.3, 0.4) is 0 Å². The number of pyridine rings is 1. The Labute approximate surface area is 128 Å². The smallest absolute Gasteiger partial charge is 0.337 e. The first kappa shape index (κ1) is 14.3. The summed E-state index contributed by atoms with van der Waals surface area (Å²) in [4.78, 5) is 18.8. The fraction of sp³-hybridized carbons (Fsp3) is 0. The molecule has 112 valence electrons. The number of hydrogen-bond acceptors (Lipinski definition) is 6. The van der Waals surface area contributed by atoms with Crippen molar-refractivity contribution in [1.82, 2.24) is 15.1 Å². The van der Waals surface area contributed by atoms with E-state index in [9.17, 15) is 9.18 Å². The summed E-state index contributed by atoms with van der Waals surface area (Å²) >= 11 is 0. The van der Waals surface area contributed by atoms with Crippen LogP contribution < -0.4 is 0 Å². The van der Waals surface area contributed by atoms with Gasteiger partial charge in [0.25, 0.3) is 5.89 Å². The molecule has 23 heavy (non-hydrogen) atoms. The lowest BCUT2D eigenvalue weighted by atomic mass is 10.1. The molecule has 0 amide bonds. The summed E-state index contributed by atoms with van der Waals surface area (Å²) in [6.45, 7) is 0. The molecule has 0 aliphatic rings. The molecule has 0 saturated carbocycles. The monoisotopic (exact) mass is 310 g/mol. The maximum atomic E-state index is 13.4. The van der Waals surface area contributed by atoms with Crippen LogP contribution in [0.2, 0.25) is 0 Å². The Kier molecular flexibility index (Phi) is 3.52. The number of benzene rings is 1. The fourth-order valence-electron chi connectivity index (χ4n) is 1.88. The van der Waals surface area contributed by atoms with Crippen molar-refractivity contribution in [2.45, 2.75) is 0 Å². The second-order valence-electron chi connectivity index (χ2n) is 4.50. The van der Waals surface area contributed by atoms with E-state index in [-0.39, 0.29) is 28.4 Å². The maximum Gasteiger partial charge on any atom is 0.337 e. The molecule has 3 aromatic rings. The predicted octanol–water partition coefficient (Wildman–Crippen LogP) is 2.51. The normalized spacial score (nSPS) is 10.3. The summed E-state index contributed by atoms with van der Waals surface area (Å²) in [5.41, 5.74) is 0.731. The van der Waals surface area contributed by atoms with E-state index in [2.05, 4.69) is 15.1 Å². The van der Waals surface area contributed by atoms with E-state index >= 15 is 0 Å². The Bertz CT molecular complexity index is 929. The summed E-state index contributed by atoms with van der Waals surface area (Å²) in [6, 6.07) is 8.30. The van der Waals surface area contributed by atoms with Gasteiger partial charge in [0.15, 0.2) is 0 Å². The second kappa shape index (κ2) is 5.65. The van der Waals surface area contributed by atoms with Crippen LogP contribution in [-0.4, -0.2) is 26.2 Å². The molecular formula is C15H7FN4O3. The number of halogens is 1. The van der Waals surface area contributed by atoms with Crippen molar-refractivity contribution in [3.63, 3.8) is 0 Å². The Balaban J connectivity index is 1.96. The Morgan fingerprint density at radius 2 is 2.13 bits per heavy atom. The topological polar surface area (TPSA) is 113 Å². The van der Waals surface area contributed by atoms with Crippen molar-refractivity contribution >= 4 is 5.97 Å². The maximum absolute atomic E-state index is 13.4. The third kappa shape index (κ3) is 2.89. The van der Waals surface area contributed by atoms with Crippen LogP contribution in [0.25, 0.3) is 23.0 Å². The van der Waals surface area contributed by atoms with Crippen molar-refractivity contribution in [2.24, 2.45) is 0 Å². The standard InChI is InChI=1S/C15H7FN4O3/c16-11-4-8(6-17)3-10(5-11)14-19-13(20-23-14)12-2-1-9(7-18-12)15(21)22/h1-5,7H,(H,21,22). The van der Waals surface area contributed by atoms with Crippen LogP contribution in [0.1, 0.15) is 15.9 Å². The zero-order chi connectivity index (χ0) is 16.4. The van der Waals surface area contributed by atoms with Crippen LogP contribution in [0.15, 0.2) is 41.1 Å². The first-order valence-corrected chi connectivity index (χ1v) is 6.31. The first-order chi connectivity index (χ1) is 11.1. The van der Waals surface area contributed by atoms with E-state index < -0.39 is 11.8 Å². The average Bonchev–Trinajstić information content (AvgIpc) is 3.04. The van der Waals surface area contributed by atoms with Gasteiger partial charge in [-0.15, -0.1) is 0 Å². The number of nitriles is 1. The van der Waals surface area contributed by atoms with Crippen LogP contribution in [-0.2, 0) is 0 Å². The van der Waals surface area contributed by atoms with Crippen LogP contribution >= 0.6 is 0 Å². The summed E-state index contributed by atoms with van der Waals surface area (Å²) < 4.78 is 18.5. The lowest BCUT2D eigenvalue weighted by molar-refractivity contribution is 0.0696. The molecule has 0 saturated heterocycles. The minimum Gasteiger partial charge on any atom is -0.478 e. The van der Waals surface area contributed by atoms with Crippen molar-refractivity contribution in [3.8, 4) is 29.0 Å². The number of aromatic carboxylic acids is 1. The van der Waals surface area contributed by atoms with E-state index in [1.807, 2.05) is 6.07 Å². The zero-order valence-electron chi connectivity index (χ0n) is 11.4. The largest absolute Gasteiger partial charge is 0.478 e. The summed E-state index contributed by atoms with van der Waals surface area (Å²) in [7, 11) is 0. The van der Waals surface area contributed by atoms with Crippen molar-refractivity contribution in [1.29, 1.82) is 5.26 Å². The van der Waals surface area contributed by atoms with Crippen molar-refractivity contribution in [3.05, 3.63) is 53.5 Å². The molecule has 0 bridgehead atoms. The lowest BCUT2D eigenvalue weighted by Crippen LogP contribution is -1.97. The van der Waals surface area contributed by atoms with Gasteiger partial charge < -0.3 is 9.63 Å². The molecule has 2 aromatic heterocycles. The Morgan fingerprint density at radius 3 is 2.78 bits per heavy atom.